The fraction of sp³-hybridized carbons (Fsp3) is 0.400. The van der Waals surface area contributed by atoms with E-state index in [2.05, 4.69) is 84.2 Å². The summed E-state index contributed by atoms with van der Waals surface area (Å²) in [5, 5.41) is 0. The number of aryl methyl sites for hydroxylation is 2. The third kappa shape index (κ3) is 7.95. The highest BCUT2D eigenvalue weighted by Crippen LogP contribution is 2.12. The minimum Gasteiger partial charge on any atom is -0.161 e. The summed E-state index contributed by atoms with van der Waals surface area (Å²) in [6.07, 6.45) is 5.04. The highest BCUT2D eigenvalue weighted by Gasteiger charge is 1.95. The van der Waals surface area contributed by atoms with E-state index in [0.717, 1.165) is 0 Å². The van der Waals surface area contributed by atoms with Crippen molar-refractivity contribution in [3.8, 4) is 0 Å². The molecule has 0 spiro atoms. The molecule has 0 fully saturated rings. The van der Waals surface area contributed by atoms with Crippen LogP contribution in [0.3, 0.4) is 0 Å². The lowest BCUT2D eigenvalue weighted by molar-refractivity contribution is 0.932. The molecule has 2 rings (SSSR count). The maximum Gasteiger partial charge on any atom is 0.00235 e. The van der Waals surface area contributed by atoms with E-state index in [1.54, 1.807) is 0 Å². The number of hydrogen-bond donors (Lipinski definition) is 0. The van der Waals surface area contributed by atoms with Gasteiger partial charge in [-0.2, -0.15) is 23.5 Å². The van der Waals surface area contributed by atoms with Crippen LogP contribution in [0.1, 0.15) is 24.0 Å². The molecule has 118 valence electrons. The first-order valence-electron chi connectivity index (χ1n) is 8.18. The van der Waals surface area contributed by atoms with Crippen LogP contribution < -0.4 is 0 Å². The van der Waals surface area contributed by atoms with Crippen LogP contribution >= 0.6 is 23.5 Å². The van der Waals surface area contributed by atoms with Crippen LogP contribution in [0, 0.1) is 0 Å². The van der Waals surface area contributed by atoms with Crippen molar-refractivity contribution in [1.29, 1.82) is 0 Å². The number of rotatable bonds is 11. The SMILES string of the molecule is c1ccc(CCCSCCSCCCc2ccccc2)cc1. The van der Waals surface area contributed by atoms with Crippen LogP contribution in [-0.2, 0) is 12.8 Å². The van der Waals surface area contributed by atoms with Crippen LogP contribution in [0.2, 0.25) is 0 Å². The zero-order chi connectivity index (χ0) is 15.3. The van der Waals surface area contributed by atoms with Gasteiger partial charge >= 0.3 is 0 Å². The lowest BCUT2D eigenvalue weighted by Gasteiger charge is -2.04. The Labute approximate surface area is 144 Å². The summed E-state index contributed by atoms with van der Waals surface area (Å²) < 4.78 is 0. The Morgan fingerprint density at radius 3 is 1.32 bits per heavy atom. The van der Waals surface area contributed by atoms with E-state index in [1.165, 1.54) is 59.8 Å². The maximum atomic E-state index is 2.23. The Morgan fingerprint density at radius 1 is 0.500 bits per heavy atom. The number of hydrogen-bond acceptors (Lipinski definition) is 2. The van der Waals surface area contributed by atoms with Crippen molar-refractivity contribution in [2.75, 3.05) is 23.0 Å². The second-order valence-corrected chi connectivity index (χ2v) is 7.85. The average Bonchev–Trinajstić information content (AvgIpc) is 2.58. The summed E-state index contributed by atoms with van der Waals surface area (Å²) in [7, 11) is 0. The van der Waals surface area contributed by atoms with E-state index < -0.39 is 0 Å². The highest BCUT2D eigenvalue weighted by molar-refractivity contribution is 8.02. The molecule has 0 N–H and O–H groups in total. The smallest absolute Gasteiger partial charge is 0.00235 e. The van der Waals surface area contributed by atoms with E-state index >= 15 is 0 Å². The lowest BCUT2D eigenvalue weighted by Crippen LogP contribution is -1.92. The summed E-state index contributed by atoms with van der Waals surface area (Å²) in [5.41, 5.74) is 2.94. The van der Waals surface area contributed by atoms with Crippen molar-refractivity contribution in [3.63, 3.8) is 0 Å². The average molecular weight is 331 g/mol. The Morgan fingerprint density at radius 2 is 0.909 bits per heavy atom. The third-order valence-electron chi connectivity index (χ3n) is 3.57. The van der Waals surface area contributed by atoms with Crippen LogP contribution in [-0.4, -0.2) is 23.0 Å². The fourth-order valence-electron chi connectivity index (χ4n) is 2.37. The zero-order valence-corrected chi connectivity index (χ0v) is 14.9. The van der Waals surface area contributed by atoms with Crippen LogP contribution in [0.5, 0.6) is 0 Å². The standard InChI is InChI=1S/C20H26S2/c1-3-9-19(10-4-1)13-7-15-21-17-18-22-16-8-14-20-11-5-2-6-12-20/h1-6,9-12H,7-8,13-18H2. The molecule has 22 heavy (non-hydrogen) atoms. The predicted molar refractivity (Wildman–Crippen MR) is 104 cm³/mol. The minimum absolute atomic E-state index is 1.22. The van der Waals surface area contributed by atoms with Crippen molar-refractivity contribution in [3.05, 3.63) is 71.8 Å². The topological polar surface area (TPSA) is 0 Å². The van der Waals surface area contributed by atoms with Gasteiger partial charge in [-0.1, -0.05) is 60.7 Å². The summed E-state index contributed by atoms with van der Waals surface area (Å²) in [4.78, 5) is 0. The molecule has 0 aliphatic heterocycles. The molecule has 2 heteroatoms. The molecule has 0 nitrogen and oxygen atoms in total. The molecule has 0 aromatic heterocycles. The van der Waals surface area contributed by atoms with Crippen LogP contribution in [0.4, 0.5) is 0 Å². The summed E-state index contributed by atoms with van der Waals surface area (Å²) in [6.45, 7) is 0. The van der Waals surface area contributed by atoms with Crippen molar-refractivity contribution < 1.29 is 0 Å². The molecule has 0 radical (unpaired) electrons. The molecular formula is C20H26S2. The van der Waals surface area contributed by atoms with E-state index in [0.29, 0.717) is 0 Å². The van der Waals surface area contributed by atoms with Crippen molar-refractivity contribution in [2.24, 2.45) is 0 Å². The molecule has 0 atom stereocenters. The Kier molecular flexibility index (Phi) is 9.28. The van der Waals surface area contributed by atoms with Gasteiger partial charge in [0.1, 0.15) is 0 Å². The van der Waals surface area contributed by atoms with Crippen molar-refractivity contribution in [2.45, 2.75) is 25.7 Å². The van der Waals surface area contributed by atoms with Gasteiger partial charge in [0.2, 0.25) is 0 Å². The van der Waals surface area contributed by atoms with Crippen molar-refractivity contribution in [1.82, 2.24) is 0 Å². The molecule has 0 bridgehead atoms. The summed E-state index contributed by atoms with van der Waals surface area (Å²) >= 11 is 4.21. The molecule has 0 amide bonds. The molecule has 0 saturated carbocycles. The highest BCUT2D eigenvalue weighted by atomic mass is 32.2. The number of benzene rings is 2. The normalized spacial score (nSPS) is 10.7. The quantitative estimate of drug-likeness (QED) is 0.483. The zero-order valence-electron chi connectivity index (χ0n) is 13.2. The molecule has 0 aliphatic rings. The van der Waals surface area contributed by atoms with Gasteiger partial charge in [0, 0.05) is 11.5 Å². The van der Waals surface area contributed by atoms with E-state index in [1.807, 2.05) is 0 Å². The van der Waals surface area contributed by atoms with Gasteiger partial charge in [-0.3, -0.25) is 0 Å². The Bertz CT molecular complexity index is 434. The first-order chi connectivity index (χ1) is 10.9. The van der Waals surface area contributed by atoms with Gasteiger partial charge in [-0.15, -0.1) is 0 Å². The van der Waals surface area contributed by atoms with Crippen LogP contribution in [0.15, 0.2) is 60.7 Å². The summed E-state index contributed by atoms with van der Waals surface area (Å²) in [5.74, 6) is 5.18. The maximum absolute atomic E-state index is 2.23. The lowest BCUT2D eigenvalue weighted by atomic mass is 10.1. The Balaban J connectivity index is 1.37. The predicted octanol–water partition coefficient (Wildman–Crippen LogP) is 5.72. The van der Waals surface area contributed by atoms with Gasteiger partial charge in [0.05, 0.1) is 0 Å². The number of thioether (sulfide) groups is 2. The second-order valence-electron chi connectivity index (χ2n) is 5.40. The second kappa shape index (κ2) is 11.7. The molecule has 0 unspecified atom stereocenters. The molecule has 0 heterocycles. The molecular weight excluding hydrogens is 304 g/mol. The monoisotopic (exact) mass is 330 g/mol. The van der Waals surface area contributed by atoms with Gasteiger partial charge in [0.25, 0.3) is 0 Å². The summed E-state index contributed by atoms with van der Waals surface area (Å²) in [6, 6.07) is 21.6. The van der Waals surface area contributed by atoms with Gasteiger partial charge in [0.15, 0.2) is 0 Å². The Hall–Kier alpha value is -0.860. The van der Waals surface area contributed by atoms with E-state index in [4.69, 9.17) is 0 Å². The van der Waals surface area contributed by atoms with Gasteiger partial charge < -0.3 is 0 Å². The molecule has 0 saturated heterocycles. The molecule has 0 aliphatic carbocycles. The minimum atomic E-state index is 1.22. The van der Waals surface area contributed by atoms with Gasteiger partial charge in [-0.25, -0.2) is 0 Å². The van der Waals surface area contributed by atoms with E-state index in [-0.39, 0.29) is 0 Å². The van der Waals surface area contributed by atoms with E-state index in [9.17, 15) is 0 Å². The first-order valence-corrected chi connectivity index (χ1v) is 10.5. The largest absolute Gasteiger partial charge is 0.161 e. The fourth-order valence-corrected chi connectivity index (χ4v) is 4.42. The van der Waals surface area contributed by atoms with Crippen molar-refractivity contribution >= 4 is 23.5 Å². The third-order valence-corrected chi connectivity index (χ3v) is 5.96. The van der Waals surface area contributed by atoms with Crippen LogP contribution in [0.25, 0.3) is 0 Å². The molecule has 2 aromatic carbocycles. The molecule has 2 aromatic rings. The first kappa shape index (κ1) is 17.5. The van der Waals surface area contributed by atoms with Gasteiger partial charge in [-0.05, 0) is 48.3 Å².